The molecule has 0 spiro atoms. The third-order valence-electron chi connectivity index (χ3n) is 7.86. The molecule has 4 aromatic rings. The van der Waals surface area contributed by atoms with Crippen LogP contribution >= 0.6 is 22.9 Å². The number of nitrogens with zero attached hydrogens (tertiary/aromatic N) is 2. The minimum Gasteiger partial charge on any atom is -0.403 e. The summed E-state index contributed by atoms with van der Waals surface area (Å²) in [6.07, 6.45) is 0.240. The van der Waals surface area contributed by atoms with Crippen molar-refractivity contribution in [3.63, 3.8) is 0 Å². The Kier molecular flexibility index (Phi) is 9.23. The Hall–Kier alpha value is -2.59. The molecule has 3 atom stereocenters. The summed E-state index contributed by atoms with van der Waals surface area (Å²) in [6.45, 7) is 12.0. The number of benzene rings is 3. The van der Waals surface area contributed by atoms with E-state index in [9.17, 15) is 5.11 Å². The summed E-state index contributed by atoms with van der Waals surface area (Å²) >= 11 is 8.15. The Morgan fingerprint density at radius 2 is 1.64 bits per heavy atom. The van der Waals surface area contributed by atoms with E-state index >= 15 is 4.39 Å². The molecule has 5 rings (SSSR count). The second-order valence-electron chi connectivity index (χ2n) is 12.0. The van der Waals surface area contributed by atoms with Crippen LogP contribution in [0.25, 0.3) is 0 Å². The predicted octanol–water partition coefficient (Wildman–Crippen LogP) is 6.71. The second-order valence-corrected chi connectivity index (χ2v) is 17.6. The van der Waals surface area contributed by atoms with Crippen molar-refractivity contribution in [2.75, 3.05) is 18.0 Å². The first kappa shape index (κ1) is 30.9. The molecule has 222 valence electrons. The van der Waals surface area contributed by atoms with Crippen molar-refractivity contribution in [2.45, 2.75) is 64.6 Å². The molecule has 0 bridgehead atoms. The summed E-state index contributed by atoms with van der Waals surface area (Å²) in [7, 11) is -2.91. The highest BCUT2D eigenvalue weighted by molar-refractivity contribution is 7.09. The Balaban J connectivity index is 1.67. The molecule has 1 aliphatic heterocycles. The van der Waals surface area contributed by atoms with Crippen molar-refractivity contribution in [3.8, 4) is 0 Å². The number of morpholine rings is 1. The van der Waals surface area contributed by atoms with Crippen LogP contribution in [0.4, 0.5) is 10.1 Å². The fourth-order valence-electron chi connectivity index (χ4n) is 6.15. The Bertz CT molecular complexity index is 1440. The van der Waals surface area contributed by atoms with Gasteiger partial charge >= 0.3 is 0 Å². The molecular weight excluding hydrogens is 587 g/mol. The van der Waals surface area contributed by atoms with E-state index < -0.39 is 20.2 Å². The monoisotopic (exact) mass is 624 g/mol. The first-order chi connectivity index (χ1) is 20.0. The normalized spacial score (nSPS) is 18.7. The molecule has 5 nitrogen and oxygen atoms in total. The SMILES string of the molecule is CC1CN(c2c(CO[Si](c3ccccc3)(c3ccccc3)C(C)(C)C)cc(C(O)c3nccs3)c(F)c2Cl)CC(C)O1. The van der Waals surface area contributed by atoms with E-state index in [1.54, 1.807) is 17.6 Å². The van der Waals surface area contributed by atoms with Gasteiger partial charge in [0.25, 0.3) is 8.32 Å². The van der Waals surface area contributed by atoms with Gasteiger partial charge in [-0.1, -0.05) is 93.0 Å². The lowest BCUT2D eigenvalue weighted by atomic mass is 10.0. The number of anilines is 1. The second kappa shape index (κ2) is 12.6. The minimum absolute atomic E-state index is 0.0227. The number of aromatic nitrogens is 1. The van der Waals surface area contributed by atoms with Crippen LogP contribution in [0.5, 0.6) is 0 Å². The molecule has 42 heavy (non-hydrogen) atoms. The lowest BCUT2D eigenvalue weighted by Crippen LogP contribution is -2.66. The average molecular weight is 625 g/mol. The van der Waals surface area contributed by atoms with E-state index in [0.717, 1.165) is 15.9 Å². The lowest BCUT2D eigenvalue weighted by molar-refractivity contribution is -0.00532. The van der Waals surface area contributed by atoms with Crippen molar-refractivity contribution in [3.05, 3.63) is 105 Å². The summed E-state index contributed by atoms with van der Waals surface area (Å²) in [5.74, 6) is -0.643. The van der Waals surface area contributed by atoms with E-state index in [1.165, 1.54) is 11.3 Å². The van der Waals surface area contributed by atoms with Gasteiger partial charge in [0.15, 0.2) is 0 Å². The summed E-state index contributed by atoms with van der Waals surface area (Å²) in [4.78, 5) is 6.32. The zero-order valence-electron chi connectivity index (χ0n) is 24.7. The summed E-state index contributed by atoms with van der Waals surface area (Å²) in [5.41, 5.74) is 1.40. The van der Waals surface area contributed by atoms with Crippen LogP contribution in [0.15, 0.2) is 78.3 Å². The molecule has 0 radical (unpaired) electrons. The third-order valence-corrected chi connectivity index (χ3v) is 14.0. The number of hydrogen-bond donors (Lipinski definition) is 1. The van der Waals surface area contributed by atoms with Crippen LogP contribution in [0.2, 0.25) is 10.1 Å². The van der Waals surface area contributed by atoms with Crippen LogP contribution in [0.3, 0.4) is 0 Å². The quantitative estimate of drug-likeness (QED) is 0.221. The van der Waals surface area contributed by atoms with Gasteiger partial charge in [0, 0.05) is 35.8 Å². The summed E-state index contributed by atoms with van der Waals surface area (Å²) in [6, 6.07) is 22.5. The number of ether oxygens (including phenoxy) is 1. The van der Waals surface area contributed by atoms with E-state index in [-0.39, 0.29) is 34.4 Å². The molecule has 1 aromatic heterocycles. The zero-order chi connectivity index (χ0) is 30.1. The number of aliphatic hydroxyl groups excluding tert-OH is 1. The number of rotatable bonds is 8. The first-order valence-corrected chi connectivity index (χ1v) is 17.4. The smallest absolute Gasteiger partial charge is 0.261 e. The molecule has 3 unspecified atom stereocenters. The molecule has 1 N–H and O–H groups in total. The lowest BCUT2D eigenvalue weighted by Gasteiger charge is -2.43. The highest BCUT2D eigenvalue weighted by Gasteiger charge is 2.50. The largest absolute Gasteiger partial charge is 0.403 e. The van der Waals surface area contributed by atoms with Crippen LogP contribution in [-0.4, -0.2) is 43.7 Å². The van der Waals surface area contributed by atoms with Gasteiger partial charge in [-0.2, -0.15) is 0 Å². The van der Waals surface area contributed by atoms with Gasteiger partial charge in [0.1, 0.15) is 22.0 Å². The molecule has 3 aromatic carbocycles. The molecule has 0 saturated carbocycles. The number of halogens is 2. The van der Waals surface area contributed by atoms with Gasteiger partial charge in [0.2, 0.25) is 0 Å². The van der Waals surface area contributed by atoms with Gasteiger partial charge in [0.05, 0.1) is 24.5 Å². The van der Waals surface area contributed by atoms with Crippen molar-refractivity contribution in [2.24, 2.45) is 0 Å². The Labute approximate surface area is 258 Å². The Morgan fingerprint density at radius 3 is 2.14 bits per heavy atom. The van der Waals surface area contributed by atoms with Crippen LogP contribution in [0, 0.1) is 5.82 Å². The maximum absolute atomic E-state index is 16.0. The van der Waals surface area contributed by atoms with E-state index in [1.807, 2.05) is 50.2 Å². The first-order valence-electron chi connectivity index (χ1n) is 14.3. The fourth-order valence-corrected chi connectivity index (χ4v) is 11.7. The molecule has 9 heteroatoms. The molecule has 0 aliphatic carbocycles. The van der Waals surface area contributed by atoms with Gasteiger partial charge in [-0.15, -0.1) is 11.3 Å². The van der Waals surface area contributed by atoms with Crippen LogP contribution < -0.4 is 15.3 Å². The highest BCUT2D eigenvalue weighted by atomic mass is 35.5. The van der Waals surface area contributed by atoms with Crippen LogP contribution in [0.1, 0.15) is 56.9 Å². The molecule has 1 aliphatic rings. The van der Waals surface area contributed by atoms with Crippen molar-refractivity contribution in [1.82, 2.24) is 4.98 Å². The molecule has 1 saturated heterocycles. The molecule has 0 amide bonds. The van der Waals surface area contributed by atoms with Crippen molar-refractivity contribution < 1.29 is 18.7 Å². The molecule has 1 fully saturated rings. The highest BCUT2D eigenvalue weighted by Crippen LogP contribution is 2.42. The van der Waals surface area contributed by atoms with E-state index in [0.29, 0.717) is 23.8 Å². The van der Waals surface area contributed by atoms with E-state index in [2.05, 4.69) is 54.9 Å². The fraction of sp³-hybridized carbons (Fsp3) is 0.364. The van der Waals surface area contributed by atoms with Gasteiger partial charge in [-0.25, -0.2) is 9.37 Å². The van der Waals surface area contributed by atoms with Crippen molar-refractivity contribution in [1.29, 1.82) is 0 Å². The predicted molar refractivity (Wildman–Crippen MR) is 172 cm³/mol. The average Bonchev–Trinajstić information content (AvgIpc) is 3.50. The summed E-state index contributed by atoms with van der Waals surface area (Å²) in [5, 5.41) is 15.4. The van der Waals surface area contributed by atoms with Crippen LogP contribution in [-0.2, 0) is 15.8 Å². The maximum atomic E-state index is 16.0. The number of hydrogen-bond acceptors (Lipinski definition) is 6. The standard InChI is InChI=1S/C33H38ClFN2O3SSi/c1-22-19-37(20-23(2)40-22)30-24(18-27(29(35)28(30)34)31(38)32-36-16-17-41-32)21-39-42(33(3,4)5,25-12-8-6-9-13-25)26-14-10-7-11-15-26/h6-18,22-23,31,38H,19-21H2,1-5H3. The van der Waals surface area contributed by atoms with Gasteiger partial charge in [-0.3, -0.25) is 0 Å². The van der Waals surface area contributed by atoms with Crippen molar-refractivity contribution >= 4 is 47.3 Å². The molecular formula is C33H38ClFN2O3SSi. The maximum Gasteiger partial charge on any atom is 0.261 e. The van der Waals surface area contributed by atoms with Gasteiger partial charge in [-0.05, 0) is 35.3 Å². The van der Waals surface area contributed by atoms with E-state index in [4.69, 9.17) is 20.8 Å². The topological polar surface area (TPSA) is 54.8 Å². The minimum atomic E-state index is -2.91. The number of aliphatic hydroxyl groups is 1. The Morgan fingerprint density at radius 1 is 1.07 bits per heavy atom. The third kappa shape index (κ3) is 5.93. The molecule has 2 heterocycles. The number of thiazole rings is 1. The summed E-state index contributed by atoms with van der Waals surface area (Å²) < 4.78 is 29.3. The zero-order valence-corrected chi connectivity index (χ0v) is 27.3. The van der Waals surface area contributed by atoms with Gasteiger partial charge < -0.3 is 19.2 Å².